The van der Waals surface area contributed by atoms with Crippen LogP contribution in [0.25, 0.3) is 10.9 Å². The van der Waals surface area contributed by atoms with Crippen LogP contribution in [0, 0.1) is 0 Å². The molecule has 0 amide bonds. The van der Waals surface area contributed by atoms with Crippen molar-refractivity contribution < 1.29 is 14.6 Å². The molecule has 3 rings (SSSR count). The second-order valence-electron chi connectivity index (χ2n) is 5.07. The van der Waals surface area contributed by atoms with E-state index < -0.39 is 12.1 Å². The number of nitrogens with zero attached hydrogens (tertiary/aromatic N) is 1. The van der Waals surface area contributed by atoms with E-state index in [9.17, 15) is 14.7 Å². The molecule has 0 saturated heterocycles. The van der Waals surface area contributed by atoms with Crippen molar-refractivity contribution in [1.29, 1.82) is 0 Å². The number of hydrogen-bond acceptors (Lipinski definition) is 5. The molecule has 0 spiro atoms. The van der Waals surface area contributed by atoms with Gasteiger partial charge in [-0.05, 0) is 37.3 Å². The summed E-state index contributed by atoms with van der Waals surface area (Å²) in [4.78, 5) is 31.1. The number of H-pyrrole nitrogens is 1. The minimum absolute atomic E-state index is 0.0238. The first kappa shape index (κ1) is 14.8. The molecule has 0 aliphatic heterocycles. The van der Waals surface area contributed by atoms with Gasteiger partial charge in [0.1, 0.15) is 5.75 Å². The Morgan fingerprint density at radius 2 is 2.00 bits per heavy atom. The third kappa shape index (κ3) is 3.06. The predicted molar refractivity (Wildman–Crippen MR) is 84.3 cm³/mol. The smallest absolute Gasteiger partial charge is 0.338 e. The largest absolute Gasteiger partial charge is 0.508 e. The molecule has 0 radical (unpaired) electrons. The maximum atomic E-state index is 12.1. The number of nitrogens with one attached hydrogen (secondary N) is 1. The molecule has 0 aliphatic carbocycles. The fourth-order valence-corrected chi connectivity index (χ4v) is 2.21. The number of esters is 1. The zero-order chi connectivity index (χ0) is 16.4. The first-order chi connectivity index (χ1) is 11.0. The van der Waals surface area contributed by atoms with Crippen LogP contribution in [0.15, 0.2) is 53.3 Å². The van der Waals surface area contributed by atoms with Gasteiger partial charge in [-0.15, -0.1) is 0 Å². The number of ether oxygens (including phenoxy) is 1. The summed E-state index contributed by atoms with van der Waals surface area (Å²) in [7, 11) is 0. The van der Waals surface area contributed by atoms with E-state index in [0.717, 1.165) is 0 Å². The van der Waals surface area contributed by atoms with Crippen LogP contribution >= 0.6 is 0 Å². The highest BCUT2D eigenvalue weighted by Crippen LogP contribution is 2.18. The zero-order valence-electron chi connectivity index (χ0n) is 12.3. The molecule has 0 aliphatic rings. The fourth-order valence-electron chi connectivity index (χ4n) is 2.21. The fraction of sp³-hybridized carbons (Fsp3) is 0.118. The number of carbonyl (C=O) groups excluding carboxylic acids is 1. The van der Waals surface area contributed by atoms with Gasteiger partial charge in [0.25, 0.3) is 5.56 Å². The third-order valence-corrected chi connectivity index (χ3v) is 3.38. The Morgan fingerprint density at radius 3 is 2.78 bits per heavy atom. The zero-order valence-corrected chi connectivity index (χ0v) is 12.3. The van der Waals surface area contributed by atoms with Crippen LogP contribution in [-0.2, 0) is 4.74 Å². The van der Waals surface area contributed by atoms with Crippen LogP contribution < -0.4 is 5.56 Å². The number of benzene rings is 2. The molecule has 0 fully saturated rings. The first-order valence-electron chi connectivity index (χ1n) is 7.03. The number of aromatic amines is 1. The predicted octanol–water partition coefficient (Wildman–Crippen LogP) is 2.55. The van der Waals surface area contributed by atoms with E-state index in [0.29, 0.717) is 10.9 Å². The highest BCUT2D eigenvalue weighted by molar-refractivity contribution is 5.90. The lowest BCUT2D eigenvalue weighted by atomic mass is 10.2. The molecule has 2 N–H and O–H groups in total. The molecule has 0 unspecified atom stereocenters. The molecular weight excluding hydrogens is 296 g/mol. The molecule has 3 aromatic rings. The van der Waals surface area contributed by atoms with Gasteiger partial charge in [0.2, 0.25) is 0 Å². The number of fused-ring (bicyclic) bond motifs is 1. The standard InChI is InChI=1S/C17H14N2O4/c1-10(23-17(22)11-5-4-6-12(20)9-11)15-18-14-8-3-2-7-13(14)16(21)19-15/h2-10,20H,1H3,(H,18,19,21)/t10-/m0/s1. The van der Waals surface area contributed by atoms with E-state index in [1.165, 1.54) is 18.2 Å². The van der Waals surface area contributed by atoms with E-state index >= 15 is 0 Å². The van der Waals surface area contributed by atoms with Crippen LogP contribution in [-0.4, -0.2) is 21.0 Å². The second-order valence-corrected chi connectivity index (χ2v) is 5.07. The van der Waals surface area contributed by atoms with Gasteiger partial charge < -0.3 is 14.8 Å². The summed E-state index contributed by atoms with van der Waals surface area (Å²) >= 11 is 0. The van der Waals surface area contributed by atoms with Crippen LogP contribution in [0.5, 0.6) is 5.75 Å². The number of carbonyl (C=O) groups is 1. The Kier molecular flexibility index (Phi) is 3.80. The van der Waals surface area contributed by atoms with Gasteiger partial charge in [0.05, 0.1) is 16.5 Å². The van der Waals surface area contributed by atoms with E-state index in [-0.39, 0.29) is 22.7 Å². The van der Waals surface area contributed by atoms with E-state index in [2.05, 4.69) is 9.97 Å². The number of para-hydroxylation sites is 1. The number of phenolic OH excluding ortho intramolecular Hbond substituents is 1. The van der Waals surface area contributed by atoms with E-state index in [1.807, 2.05) is 0 Å². The van der Waals surface area contributed by atoms with Gasteiger partial charge in [0.15, 0.2) is 11.9 Å². The van der Waals surface area contributed by atoms with E-state index in [4.69, 9.17) is 4.74 Å². The van der Waals surface area contributed by atoms with Crippen molar-refractivity contribution in [2.24, 2.45) is 0 Å². The van der Waals surface area contributed by atoms with Gasteiger partial charge in [-0.3, -0.25) is 4.79 Å². The lowest BCUT2D eigenvalue weighted by molar-refractivity contribution is 0.0319. The number of aromatic hydroxyl groups is 1. The number of phenols is 1. The van der Waals surface area contributed by atoms with Crippen molar-refractivity contribution in [1.82, 2.24) is 9.97 Å². The van der Waals surface area contributed by atoms with Crippen LogP contribution in [0.1, 0.15) is 29.2 Å². The topological polar surface area (TPSA) is 92.3 Å². The molecule has 1 atom stereocenters. The average molecular weight is 310 g/mol. The minimum Gasteiger partial charge on any atom is -0.508 e. The van der Waals surface area contributed by atoms with Crippen LogP contribution in [0.3, 0.4) is 0 Å². The highest BCUT2D eigenvalue weighted by Gasteiger charge is 2.17. The van der Waals surface area contributed by atoms with Crippen molar-refractivity contribution in [2.75, 3.05) is 0 Å². The molecule has 116 valence electrons. The number of aromatic nitrogens is 2. The summed E-state index contributed by atoms with van der Waals surface area (Å²) in [6, 6.07) is 12.8. The Morgan fingerprint density at radius 1 is 1.22 bits per heavy atom. The lowest BCUT2D eigenvalue weighted by Gasteiger charge is -2.13. The Labute approximate surface area is 131 Å². The molecule has 1 aromatic heterocycles. The van der Waals surface area contributed by atoms with Gasteiger partial charge in [-0.2, -0.15) is 0 Å². The second kappa shape index (κ2) is 5.92. The summed E-state index contributed by atoms with van der Waals surface area (Å²) in [5, 5.41) is 9.88. The molecule has 1 heterocycles. The van der Waals surface area contributed by atoms with Gasteiger partial charge in [-0.25, -0.2) is 9.78 Å². The average Bonchev–Trinajstić information content (AvgIpc) is 2.54. The molecule has 6 nitrogen and oxygen atoms in total. The van der Waals surface area contributed by atoms with Crippen molar-refractivity contribution in [3.8, 4) is 5.75 Å². The summed E-state index contributed by atoms with van der Waals surface area (Å²) in [5.41, 5.74) is 0.470. The van der Waals surface area contributed by atoms with Crippen molar-refractivity contribution >= 4 is 16.9 Å². The quantitative estimate of drug-likeness (QED) is 0.725. The van der Waals surface area contributed by atoms with E-state index in [1.54, 1.807) is 37.3 Å². The van der Waals surface area contributed by atoms with Crippen LogP contribution in [0.2, 0.25) is 0 Å². The van der Waals surface area contributed by atoms with Gasteiger partial charge in [-0.1, -0.05) is 18.2 Å². The maximum Gasteiger partial charge on any atom is 0.338 e. The maximum absolute atomic E-state index is 12.1. The monoisotopic (exact) mass is 310 g/mol. The van der Waals surface area contributed by atoms with Gasteiger partial charge >= 0.3 is 5.97 Å². The normalized spacial score (nSPS) is 12.0. The molecular formula is C17H14N2O4. The molecule has 6 heteroatoms. The number of hydrogen-bond donors (Lipinski definition) is 2. The Bertz CT molecular complexity index is 933. The summed E-state index contributed by atoms with van der Waals surface area (Å²) in [6.45, 7) is 1.62. The Balaban J connectivity index is 1.87. The SMILES string of the molecule is C[C@H](OC(=O)c1cccc(O)c1)c1nc2ccccc2c(=O)[nH]1. The van der Waals surface area contributed by atoms with Crippen LogP contribution in [0.4, 0.5) is 0 Å². The first-order valence-corrected chi connectivity index (χ1v) is 7.03. The number of rotatable bonds is 3. The summed E-state index contributed by atoms with van der Waals surface area (Å²) < 4.78 is 5.30. The molecule has 2 aromatic carbocycles. The molecule has 23 heavy (non-hydrogen) atoms. The van der Waals surface area contributed by atoms with Crippen molar-refractivity contribution in [3.05, 3.63) is 70.3 Å². The minimum atomic E-state index is -0.734. The summed E-state index contributed by atoms with van der Waals surface area (Å²) in [6.07, 6.45) is -0.734. The lowest BCUT2D eigenvalue weighted by Crippen LogP contribution is -2.17. The molecule has 0 saturated carbocycles. The van der Waals surface area contributed by atoms with Gasteiger partial charge in [0, 0.05) is 0 Å². The van der Waals surface area contributed by atoms with Crippen molar-refractivity contribution in [2.45, 2.75) is 13.0 Å². The third-order valence-electron chi connectivity index (χ3n) is 3.38. The highest BCUT2D eigenvalue weighted by atomic mass is 16.5. The Hall–Kier alpha value is -3.15. The summed E-state index contributed by atoms with van der Waals surface area (Å²) in [5.74, 6) is -0.365. The molecule has 0 bridgehead atoms. The van der Waals surface area contributed by atoms with Crippen molar-refractivity contribution in [3.63, 3.8) is 0 Å².